The molecular formula is C15H19ClFN5OS. The number of hydrogen-bond donors (Lipinski definition) is 2. The zero-order valence-electron chi connectivity index (χ0n) is 13.8. The van der Waals surface area contributed by atoms with Crippen LogP contribution in [0.3, 0.4) is 0 Å². The summed E-state index contributed by atoms with van der Waals surface area (Å²) in [6.45, 7) is 7.58. The molecule has 24 heavy (non-hydrogen) atoms. The van der Waals surface area contributed by atoms with Crippen molar-refractivity contribution in [1.82, 2.24) is 14.9 Å². The second-order valence-corrected chi connectivity index (χ2v) is 8.04. The highest BCUT2D eigenvalue weighted by Crippen LogP contribution is 2.27. The van der Waals surface area contributed by atoms with Gasteiger partial charge in [-0.15, -0.1) is 10.2 Å². The van der Waals surface area contributed by atoms with Crippen LogP contribution in [-0.4, -0.2) is 26.0 Å². The van der Waals surface area contributed by atoms with E-state index < -0.39 is 11.1 Å². The van der Waals surface area contributed by atoms with Crippen molar-refractivity contribution in [3.8, 4) is 0 Å². The van der Waals surface area contributed by atoms with Crippen LogP contribution in [0.4, 0.5) is 10.1 Å². The van der Waals surface area contributed by atoms with Gasteiger partial charge >= 0.3 is 0 Å². The summed E-state index contributed by atoms with van der Waals surface area (Å²) in [4.78, 5) is 12.2. The molecule has 9 heteroatoms. The van der Waals surface area contributed by atoms with Crippen LogP contribution in [0.2, 0.25) is 5.02 Å². The molecule has 1 unspecified atom stereocenters. The van der Waals surface area contributed by atoms with E-state index in [1.165, 1.54) is 16.8 Å². The summed E-state index contributed by atoms with van der Waals surface area (Å²) in [7, 11) is 0. The van der Waals surface area contributed by atoms with Crippen LogP contribution in [-0.2, 0) is 10.2 Å². The molecule has 0 bridgehead atoms. The van der Waals surface area contributed by atoms with Crippen molar-refractivity contribution in [2.45, 2.75) is 43.5 Å². The summed E-state index contributed by atoms with van der Waals surface area (Å²) in [6, 6.07) is 4.06. The van der Waals surface area contributed by atoms with Crippen molar-refractivity contribution in [1.29, 1.82) is 0 Å². The Kier molecular flexibility index (Phi) is 5.39. The van der Waals surface area contributed by atoms with Crippen molar-refractivity contribution >= 4 is 35.0 Å². The summed E-state index contributed by atoms with van der Waals surface area (Å²) in [5, 5.41) is 10.7. The molecular weight excluding hydrogens is 353 g/mol. The normalized spacial score (nSPS) is 12.9. The van der Waals surface area contributed by atoms with E-state index in [-0.39, 0.29) is 22.0 Å². The molecule has 2 rings (SSSR count). The number of nitrogens with two attached hydrogens (primary N) is 1. The number of amides is 1. The van der Waals surface area contributed by atoms with Crippen molar-refractivity contribution in [2.75, 3.05) is 11.2 Å². The Morgan fingerprint density at radius 1 is 1.42 bits per heavy atom. The number of halogens is 2. The number of nitrogens with one attached hydrogen (secondary N) is 1. The number of benzene rings is 1. The van der Waals surface area contributed by atoms with E-state index in [4.69, 9.17) is 17.4 Å². The van der Waals surface area contributed by atoms with E-state index in [0.717, 1.165) is 17.8 Å². The molecule has 0 spiro atoms. The maximum Gasteiger partial charge on any atom is 0.237 e. The van der Waals surface area contributed by atoms with Gasteiger partial charge in [0.25, 0.3) is 0 Å². The highest BCUT2D eigenvalue weighted by atomic mass is 35.5. The quantitative estimate of drug-likeness (QED) is 0.636. The Bertz CT molecular complexity index is 759. The molecule has 0 radical (unpaired) electrons. The number of nitrogen functional groups attached to an aromatic ring is 1. The molecule has 0 saturated heterocycles. The third kappa shape index (κ3) is 4.18. The Morgan fingerprint density at radius 3 is 2.62 bits per heavy atom. The first kappa shape index (κ1) is 18.5. The van der Waals surface area contributed by atoms with Crippen LogP contribution >= 0.6 is 23.4 Å². The molecule has 0 aliphatic heterocycles. The van der Waals surface area contributed by atoms with Crippen LogP contribution in [0.5, 0.6) is 0 Å². The van der Waals surface area contributed by atoms with Crippen molar-refractivity contribution < 1.29 is 9.18 Å². The van der Waals surface area contributed by atoms with Crippen molar-refractivity contribution in [3.05, 3.63) is 34.9 Å². The van der Waals surface area contributed by atoms with Gasteiger partial charge in [0.2, 0.25) is 11.1 Å². The molecule has 1 aromatic carbocycles. The minimum absolute atomic E-state index is 0.0708. The average Bonchev–Trinajstić information content (AvgIpc) is 2.83. The molecule has 0 aliphatic rings. The fourth-order valence-corrected chi connectivity index (χ4v) is 2.83. The number of aromatic nitrogens is 3. The lowest BCUT2D eigenvalue weighted by molar-refractivity contribution is -0.115. The number of rotatable bonds is 4. The van der Waals surface area contributed by atoms with Crippen LogP contribution in [0, 0.1) is 5.82 Å². The summed E-state index contributed by atoms with van der Waals surface area (Å²) < 4.78 is 15.1. The lowest BCUT2D eigenvalue weighted by Gasteiger charge is -2.17. The number of nitrogens with zero attached hydrogens (tertiary/aromatic N) is 3. The van der Waals surface area contributed by atoms with Gasteiger partial charge in [-0.1, -0.05) is 44.1 Å². The van der Waals surface area contributed by atoms with E-state index in [1.807, 2.05) is 20.8 Å². The monoisotopic (exact) mass is 371 g/mol. The predicted molar refractivity (Wildman–Crippen MR) is 94.2 cm³/mol. The van der Waals surface area contributed by atoms with Crippen molar-refractivity contribution in [3.63, 3.8) is 0 Å². The molecule has 0 fully saturated rings. The Hall–Kier alpha value is -1.80. The topological polar surface area (TPSA) is 85.8 Å². The largest absolute Gasteiger partial charge is 0.336 e. The van der Waals surface area contributed by atoms with Gasteiger partial charge in [0.15, 0.2) is 5.82 Å². The summed E-state index contributed by atoms with van der Waals surface area (Å²) in [5.74, 6) is 5.64. The number of hydrogen-bond acceptors (Lipinski definition) is 5. The molecule has 130 valence electrons. The first-order valence-corrected chi connectivity index (χ1v) is 8.49. The number of thioether (sulfide) groups is 1. The molecule has 6 nitrogen and oxygen atoms in total. The van der Waals surface area contributed by atoms with E-state index in [1.54, 1.807) is 6.92 Å². The highest BCUT2D eigenvalue weighted by molar-refractivity contribution is 8.00. The number of carbonyl (C=O) groups excluding carboxylic acids is 1. The zero-order chi connectivity index (χ0) is 18.1. The molecule has 0 saturated carbocycles. The van der Waals surface area contributed by atoms with Crippen LogP contribution in [0.15, 0.2) is 23.4 Å². The Balaban J connectivity index is 2.08. The van der Waals surface area contributed by atoms with E-state index in [0.29, 0.717) is 11.0 Å². The summed E-state index contributed by atoms with van der Waals surface area (Å²) >= 11 is 6.84. The maximum atomic E-state index is 13.7. The molecule has 1 amide bonds. The lowest BCUT2D eigenvalue weighted by atomic mass is 9.96. The van der Waals surface area contributed by atoms with Gasteiger partial charge in [-0.25, -0.2) is 9.07 Å². The predicted octanol–water partition coefficient (Wildman–Crippen LogP) is 3.20. The number of anilines is 1. The highest BCUT2D eigenvalue weighted by Gasteiger charge is 2.25. The maximum absolute atomic E-state index is 13.7. The standard InChI is InChI=1S/C15H19ClFN5OS/c1-8(12(23)19-11-6-5-9(16)7-10(11)17)24-14-21-20-13(22(14)18)15(2,3)4/h5-8H,18H2,1-4H3,(H,19,23). The third-order valence-electron chi connectivity index (χ3n) is 3.18. The second kappa shape index (κ2) is 6.98. The fraction of sp³-hybridized carbons (Fsp3) is 0.400. The van der Waals surface area contributed by atoms with Gasteiger partial charge < -0.3 is 11.2 Å². The minimum Gasteiger partial charge on any atom is -0.336 e. The zero-order valence-corrected chi connectivity index (χ0v) is 15.4. The van der Waals surface area contributed by atoms with Gasteiger partial charge in [0.1, 0.15) is 5.82 Å². The van der Waals surface area contributed by atoms with E-state index in [2.05, 4.69) is 15.5 Å². The summed E-state index contributed by atoms with van der Waals surface area (Å²) in [6.07, 6.45) is 0. The van der Waals surface area contributed by atoms with Crippen LogP contribution in [0.1, 0.15) is 33.5 Å². The minimum atomic E-state index is -0.593. The van der Waals surface area contributed by atoms with E-state index in [9.17, 15) is 9.18 Å². The average molecular weight is 372 g/mol. The fourth-order valence-electron chi connectivity index (χ4n) is 1.91. The number of carbonyl (C=O) groups is 1. The molecule has 1 aromatic heterocycles. The Morgan fingerprint density at radius 2 is 2.08 bits per heavy atom. The Labute approximate surface area is 148 Å². The molecule has 1 atom stereocenters. The third-order valence-corrected chi connectivity index (χ3v) is 4.47. The lowest BCUT2D eigenvalue weighted by Crippen LogP contribution is -2.26. The molecule has 1 heterocycles. The summed E-state index contributed by atoms with van der Waals surface area (Å²) in [5.41, 5.74) is -0.195. The first-order valence-electron chi connectivity index (χ1n) is 7.23. The van der Waals surface area contributed by atoms with Crippen LogP contribution in [0.25, 0.3) is 0 Å². The molecule has 2 aromatic rings. The SMILES string of the molecule is CC(Sc1nnc(C(C)(C)C)n1N)C(=O)Nc1ccc(Cl)cc1F. The second-order valence-electron chi connectivity index (χ2n) is 6.30. The molecule has 0 aliphatic carbocycles. The van der Waals surface area contributed by atoms with Crippen molar-refractivity contribution in [2.24, 2.45) is 0 Å². The van der Waals surface area contributed by atoms with Gasteiger partial charge in [0.05, 0.1) is 10.9 Å². The van der Waals surface area contributed by atoms with Gasteiger partial charge in [-0.3, -0.25) is 4.79 Å². The van der Waals surface area contributed by atoms with E-state index >= 15 is 0 Å². The van der Waals surface area contributed by atoms with Gasteiger partial charge in [0, 0.05) is 10.4 Å². The first-order chi connectivity index (χ1) is 11.1. The smallest absolute Gasteiger partial charge is 0.237 e. The van der Waals surface area contributed by atoms with Gasteiger partial charge in [-0.2, -0.15) is 0 Å². The molecule has 3 N–H and O–H groups in total. The van der Waals surface area contributed by atoms with Crippen LogP contribution < -0.4 is 11.2 Å². The van der Waals surface area contributed by atoms with Gasteiger partial charge in [-0.05, 0) is 25.1 Å².